The minimum Gasteiger partial charge on any atom is -0.452 e. The Bertz CT molecular complexity index is 996. The van der Waals surface area contributed by atoms with Crippen molar-refractivity contribution in [2.45, 2.75) is 18.2 Å². The number of sulfonamides is 1. The molecule has 0 radical (unpaired) electrons. The third-order valence-corrected chi connectivity index (χ3v) is 6.02. The van der Waals surface area contributed by atoms with Crippen molar-refractivity contribution in [3.05, 3.63) is 58.9 Å². The first-order chi connectivity index (χ1) is 13.7. The summed E-state index contributed by atoms with van der Waals surface area (Å²) in [6.07, 6.45) is 0.729. The minimum absolute atomic E-state index is 0.0210. The lowest BCUT2D eigenvalue weighted by Gasteiger charge is -2.20. The van der Waals surface area contributed by atoms with Crippen LogP contribution in [0.5, 0.6) is 0 Å². The highest BCUT2D eigenvalue weighted by Gasteiger charge is 2.24. The predicted molar refractivity (Wildman–Crippen MR) is 107 cm³/mol. The first kappa shape index (κ1) is 22.6. The molecule has 0 atom stereocenters. The summed E-state index contributed by atoms with van der Waals surface area (Å²) in [7, 11) is -2.76. The highest BCUT2D eigenvalue weighted by Crippen LogP contribution is 2.26. The van der Waals surface area contributed by atoms with E-state index in [0.29, 0.717) is 6.54 Å². The lowest BCUT2D eigenvalue weighted by atomic mass is 10.2. The average Bonchev–Trinajstić information content (AvgIpc) is 2.70. The number of anilines is 1. The van der Waals surface area contributed by atoms with Gasteiger partial charge < -0.3 is 10.1 Å². The Labute approximate surface area is 173 Å². The largest absolute Gasteiger partial charge is 0.452 e. The fraction of sp³-hybridized carbons (Fsp3) is 0.263. The van der Waals surface area contributed by atoms with Gasteiger partial charge in [-0.05, 0) is 48.9 Å². The van der Waals surface area contributed by atoms with Gasteiger partial charge in [-0.1, -0.05) is 18.5 Å². The molecule has 10 heteroatoms. The van der Waals surface area contributed by atoms with Crippen LogP contribution < -0.4 is 9.62 Å². The fourth-order valence-electron chi connectivity index (χ4n) is 2.29. The molecule has 0 bridgehead atoms. The van der Waals surface area contributed by atoms with Crippen LogP contribution in [0, 0.1) is 5.82 Å². The van der Waals surface area contributed by atoms with Crippen molar-refractivity contribution in [2.75, 3.05) is 24.5 Å². The van der Waals surface area contributed by atoms with Crippen molar-refractivity contribution < 1.29 is 27.1 Å². The van der Waals surface area contributed by atoms with Gasteiger partial charge in [-0.15, -0.1) is 0 Å². The zero-order valence-corrected chi connectivity index (χ0v) is 17.4. The van der Waals surface area contributed by atoms with Gasteiger partial charge in [-0.2, -0.15) is 0 Å². The molecule has 0 aromatic heterocycles. The molecule has 1 amide bonds. The number of carbonyl (C=O) groups is 2. The summed E-state index contributed by atoms with van der Waals surface area (Å²) in [5, 5.41) is 2.53. The normalized spacial score (nSPS) is 11.0. The van der Waals surface area contributed by atoms with Gasteiger partial charge in [0.1, 0.15) is 5.82 Å². The molecule has 2 aromatic rings. The quantitative estimate of drug-likeness (QED) is 0.634. The lowest BCUT2D eigenvalue weighted by Crippen LogP contribution is -2.29. The molecule has 7 nitrogen and oxygen atoms in total. The molecule has 0 aliphatic heterocycles. The summed E-state index contributed by atoms with van der Waals surface area (Å²) >= 11 is 6.00. The Morgan fingerprint density at radius 2 is 1.83 bits per heavy atom. The average molecular weight is 443 g/mol. The molecular formula is C19H20ClFN2O5S. The first-order valence-corrected chi connectivity index (χ1v) is 10.5. The molecule has 0 heterocycles. The number of hydrogen-bond donors (Lipinski definition) is 1. The number of halogens is 2. The number of amides is 1. The van der Waals surface area contributed by atoms with Crippen LogP contribution in [-0.2, 0) is 19.6 Å². The SMILES string of the molecule is CCCNC(=O)COC(=O)c1cc(S(=O)(=O)N(C)c2ccc(F)cc2)ccc1Cl. The number of carbonyl (C=O) groups excluding carboxylic acids is 2. The smallest absolute Gasteiger partial charge is 0.340 e. The van der Waals surface area contributed by atoms with E-state index < -0.39 is 34.3 Å². The molecule has 0 spiro atoms. The van der Waals surface area contributed by atoms with Crippen molar-refractivity contribution in [3.63, 3.8) is 0 Å². The van der Waals surface area contributed by atoms with E-state index in [4.69, 9.17) is 16.3 Å². The highest BCUT2D eigenvalue weighted by molar-refractivity contribution is 7.92. The zero-order chi connectivity index (χ0) is 21.6. The molecule has 0 saturated carbocycles. The molecule has 0 unspecified atom stereocenters. The van der Waals surface area contributed by atoms with E-state index >= 15 is 0 Å². The number of benzene rings is 2. The number of rotatable bonds is 8. The Kier molecular flexibility index (Phi) is 7.58. The number of nitrogens with one attached hydrogen (secondary N) is 1. The van der Waals surface area contributed by atoms with Crippen LogP contribution in [0.4, 0.5) is 10.1 Å². The molecule has 29 heavy (non-hydrogen) atoms. The van der Waals surface area contributed by atoms with Crippen LogP contribution in [0.3, 0.4) is 0 Å². The van der Waals surface area contributed by atoms with Gasteiger partial charge in [0.25, 0.3) is 15.9 Å². The number of esters is 1. The maximum atomic E-state index is 13.1. The molecular weight excluding hydrogens is 423 g/mol. The van der Waals surface area contributed by atoms with Crippen molar-refractivity contribution in [3.8, 4) is 0 Å². The highest BCUT2D eigenvalue weighted by atomic mass is 35.5. The molecule has 1 N–H and O–H groups in total. The molecule has 2 rings (SSSR count). The van der Waals surface area contributed by atoms with Crippen molar-refractivity contribution in [2.24, 2.45) is 0 Å². The zero-order valence-electron chi connectivity index (χ0n) is 15.8. The van der Waals surface area contributed by atoms with Crippen molar-refractivity contribution >= 4 is 39.2 Å². The van der Waals surface area contributed by atoms with E-state index in [1.807, 2.05) is 6.92 Å². The van der Waals surface area contributed by atoms with E-state index in [1.54, 1.807) is 0 Å². The van der Waals surface area contributed by atoms with E-state index in [9.17, 15) is 22.4 Å². The number of ether oxygens (including phenoxy) is 1. The van der Waals surface area contributed by atoms with E-state index in [1.165, 1.54) is 31.3 Å². The van der Waals surface area contributed by atoms with E-state index in [0.717, 1.165) is 28.9 Å². The van der Waals surface area contributed by atoms with Gasteiger partial charge in [0.15, 0.2) is 6.61 Å². The van der Waals surface area contributed by atoms with Crippen LogP contribution in [-0.4, -0.2) is 40.5 Å². The molecule has 0 saturated heterocycles. The molecule has 2 aromatic carbocycles. The van der Waals surface area contributed by atoms with Crippen LogP contribution >= 0.6 is 11.6 Å². The molecule has 0 aliphatic rings. The van der Waals surface area contributed by atoms with Gasteiger partial charge in [-0.3, -0.25) is 9.10 Å². The molecule has 0 aliphatic carbocycles. The second-order valence-corrected chi connectivity index (χ2v) is 8.39. The number of nitrogens with zero attached hydrogens (tertiary/aromatic N) is 1. The monoisotopic (exact) mass is 442 g/mol. The fourth-order valence-corrected chi connectivity index (χ4v) is 3.71. The summed E-state index contributed by atoms with van der Waals surface area (Å²) in [6, 6.07) is 8.46. The third-order valence-electron chi connectivity index (χ3n) is 3.91. The van der Waals surface area contributed by atoms with Crippen LogP contribution in [0.1, 0.15) is 23.7 Å². The van der Waals surface area contributed by atoms with Crippen LogP contribution in [0.25, 0.3) is 0 Å². The van der Waals surface area contributed by atoms with E-state index in [-0.39, 0.29) is 21.2 Å². The second kappa shape index (κ2) is 9.71. The maximum Gasteiger partial charge on any atom is 0.340 e. The summed E-state index contributed by atoms with van der Waals surface area (Å²) in [5.41, 5.74) is 0.0432. The predicted octanol–water partition coefficient (Wildman–Crippen LogP) is 2.99. The van der Waals surface area contributed by atoms with Gasteiger partial charge in [-0.25, -0.2) is 17.6 Å². The van der Waals surface area contributed by atoms with Gasteiger partial charge >= 0.3 is 5.97 Å². The van der Waals surface area contributed by atoms with Gasteiger partial charge in [0.2, 0.25) is 0 Å². The topological polar surface area (TPSA) is 92.8 Å². The maximum absolute atomic E-state index is 13.1. The Morgan fingerprint density at radius 3 is 2.45 bits per heavy atom. The number of hydrogen-bond acceptors (Lipinski definition) is 5. The first-order valence-electron chi connectivity index (χ1n) is 8.64. The lowest BCUT2D eigenvalue weighted by molar-refractivity contribution is -0.124. The van der Waals surface area contributed by atoms with Crippen molar-refractivity contribution in [1.29, 1.82) is 0 Å². The molecule has 0 fully saturated rings. The van der Waals surface area contributed by atoms with Crippen molar-refractivity contribution in [1.82, 2.24) is 5.32 Å². The minimum atomic E-state index is -4.06. The van der Waals surface area contributed by atoms with Gasteiger partial charge in [0, 0.05) is 13.6 Å². The summed E-state index contributed by atoms with van der Waals surface area (Å²) in [6.45, 7) is 1.81. The summed E-state index contributed by atoms with van der Waals surface area (Å²) in [5.74, 6) is -1.90. The summed E-state index contributed by atoms with van der Waals surface area (Å²) in [4.78, 5) is 23.6. The van der Waals surface area contributed by atoms with Gasteiger partial charge in [0.05, 0.1) is 21.2 Å². The van der Waals surface area contributed by atoms with Crippen LogP contribution in [0.15, 0.2) is 47.4 Å². The Morgan fingerprint density at radius 1 is 1.17 bits per heavy atom. The standard InChI is InChI=1S/C19H20ClFN2O5S/c1-3-10-22-18(24)12-28-19(25)16-11-15(8-9-17(16)20)29(26,27)23(2)14-6-4-13(21)5-7-14/h4-9,11H,3,10,12H2,1-2H3,(H,22,24). The van der Waals surface area contributed by atoms with E-state index in [2.05, 4.69) is 5.32 Å². The molecule has 156 valence electrons. The Hall–Kier alpha value is -2.65. The second-order valence-electron chi connectivity index (χ2n) is 6.02. The summed E-state index contributed by atoms with van der Waals surface area (Å²) < 4.78 is 44.7. The van der Waals surface area contributed by atoms with Crippen LogP contribution in [0.2, 0.25) is 5.02 Å². The Balaban J connectivity index is 2.23. The third kappa shape index (κ3) is 5.68.